The van der Waals surface area contributed by atoms with E-state index in [-0.39, 0.29) is 36.4 Å². The van der Waals surface area contributed by atoms with Gasteiger partial charge in [0, 0.05) is 20.2 Å². The van der Waals surface area contributed by atoms with Gasteiger partial charge in [-0.1, -0.05) is 13.8 Å². The number of carbonyl (C=O) groups is 1. The number of carbonyl (C=O) groups excluding carboxylic acids is 1. The molecule has 0 radical (unpaired) electrons. The summed E-state index contributed by atoms with van der Waals surface area (Å²) < 4.78 is 5.28. The number of hydrogen-bond donors (Lipinski definition) is 1. The molecule has 1 rings (SSSR count). The normalized spacial score (nSPS) is 22.8. The first-order valence-corrected chi connectivity index (χ1v) is 5.63. The zero-order valence-corrected chi connectivity index (χ0v) is 11.1. The summed E-state index contributed by atoms with van der Waals surface area (Å²) >= 11 is 0. The Morgan fingerprint density at radius 3 is 2.62 bits per heavy atom. The second kappa shape index (κ2) is 7.09. The molecule has 1 amide bonds. The molecular formula is C11H23ClN2O2. The van der Waals surface area contributed by atoms with E-state index in [0.29, 0.717) is 6.54 Å². The maximum atomic E-state index is 11.9. The second-order valence-electron chi connectivity index (χ2n) is 4.55. The van der Waals surface area contributed by atoms with E-state index < -0.39 is 0 Å². The molecule has 1 fully saturated rings. The first-order valence-electron chi connectivity index (χ1n) is 5.63. The van der Waals surface area contributed by atoms with Gasteiger partial charge in [-0.2, -0.15) is 0 Å². The summed E-state index contributed by atoms with van der Waals surface area (Å²) in [5.41, 5.74) is 5.85. The molecular weight excluding hydrogens is 228 g/mol. The van der Waals surface area contributed by atoms with Gasteiger partial charge in [0.05, 0.1) is 12.1 Å². The van der Waals surface area contributed by atoms with E-state index in [0.717, 1.165) is 19.4 Å². The van der Waals surface area contributed by atoms with Crippen molar-refractivity contribution in [2.45, 2.75) is 38.8 Å². The van der Waals surface area contributed by atoms with Crippen molar-refractivity contribution in [3.8, 4) is 0 Å². The summed E-state index contributed by atoms with van der Waals surface area (Å²) in [5, 5.41) is 0. The average Bonchev–Trinajstić information content (AvgIpc) is 2.27. The Bertz CT molecular complexity index is 224. The monoisotopic (exact) mass is 250 g/mol. The highest BCUT2D eigenvalue weighted by Crippen LogP contribution is 2.14. The molecule has 1 saturated heterocycles. The van der Waals surface area contributed by atoms with E-state index in [1.54, 1.807) is 7.11 Å². The Morgan fingerprint density at radius 2 is 2.12 bits per heavy atom. The van der Waals surface area contributed by atoms with E-state index in [1.807, 2.05) is 18.7 Å². The minimum atomic E-state index is -0.374. The van der Waals surface area contributed by atoms with Crippen LogP contribution in [0.4, 0.5) is 0 Å². The first kappa shape index (κ1) is 15.7. The molecule has 4 nitrogen and oxygen atoms in total. The molecule has 0 aromatic carbocycles. The lowest BCUT2D eigenvalue weighted by Gasteiger charge is -2.34. The average molecular weight is 251 g/mol. The predicted octanol–water partition coefficient (Wildman–Crippen LogP) is 1.03. The lowest BCUT2D eigenvalue weighted by Crippen LogP contribution is -2.51. The molecule has 0 bridgehead atoms. The van der Waals surface area contributed by atoms with Gasteiger partial charge in [-0.25, -0.2) is 0 Å². The lowest BCUT2D eigenvalue weighted by atomic mass is 10.0. The molecule has 1 aliphatic rings. The zero-order valence-electron chi connectivity index (χ0n) is 10.3. The third-order valence-corrected chi connectivity index (χ3v) is 3.03. The van der Waals surface area contributed by atoms with Crippen LogP contribution in [0.25, 0.3) is 0 Å². The number of rotatable bonds is 3. The highest BCUT2D eigenvalue weighted by molar-refractivity contribution is 5.85. The van der Waals surface area contributed by atoms with Gasteiger partial charge in [0.2, 0.25) is 5.91 Å². The van der Waals surface area contributed by atoms with Gasteiger partial charge in [0.1, 0.15) is 0 Å². The summed E-state index contributed by atoms with van der Waals surface area (Å²) in [6.07, 6.45) is 2.23. The van der Waals surface area contributed by atoms with Crippen molar-refractivity contribution in [2.24, 2.45) is 11.7 Å². The van der Waals surface area contributed by atoms with Gasteiger partial charge in [0.15, 0.2) is 0 Å². The summed E-state index contributed by atoms with van der Waals surface area (Å²) in [7, 11) is 1.70. The quantitative estimate of drug-likeness (QED) is 0.814. The van der Waals surface area contributed by atoms with Gasteiger partial charge >= 0.3 is 0 Å². The molecule has 1 aliphatic heterocycles. The van der Waals surface area contributed by atoms with Gasteiger partial charge < -0.3 is 15.4 Å². The molecule has 0 aliphatic carbocycles. The lowest BCUT2D eigenvalue weighted by molar-refractivity contribution is -0.137. The van der Waals surface area contributed by atoms with Gasteiger partial charge in [0.25, 0.3) is 0 Å². The molecule has 16 heavy (non-hydrogen) atoms. The van der Waals surface area contributed by atoms with E-state index in [9.17, 15) is 4.79 Å². The fraction of sp³-hybridized carbons (Fsp3) is 0.909. The number of hydrogen-bond acceptors (Lipinski definition) is 3. The number of nitrogens with zero attached hydrogens (tertiary/aromatic N) is 1. The van der Waals surface area contributed by atoms with Crippen LogP contribution in [-0.2, 0) is 9.53 Å². The Morgan fingerprint density at radius 1 is 1.50 bits per heavy atom. The fourth-order valence-electron chi connectivity index (χ4n) is 1.83. The fourth-order valence-corrected chi connectivity index (χ4v) is 1.83. The Labute approximate surface area is 104 Å². The third kappa shape index (κ3) is 3.92. The van der Waals surface area contributed by atoms with Crippen LogP contribution in [0.2, 0.25) is 0 Å². The smallest absolute Gasteiger partial charge is 0.239 e. The van der Waals surface area contributed by atoms with Crippen LogP contribution in [0, 0.1) is 5.92 Å². The number of piperidine rings is 1. The SMILES string of the molecule is COC1CCCN(C(=O)[C@H](N)C(C)C)C1.Cl. The van der Waals surface area contributed by atoms with E-state index >= 15 is 0 Å². The van der Waals surface area contributed by atoms with Gasteiger partial charge in [-0.05, 0) is 18.8 Å². The van der Waals surface area contributed by atoms with Crippen LogP contribution < -0.4 is 5.73 Å². The number of amides is 1. The first-order chi connectivity index (χ1) is 7.06. The van der Waals surface area contributed by atoms with Gasteiger partial charge in [-0.15, -0.1) is 12.4 Å². The van der Waals surface area contributed by atoms with Crippen molar-refractivity contribution >= 4 is 18.3 Å². The summed E-state index contributed by atoms with van der Waals surface area (Å²) in [6.45, 7) is 5.45. The molecule has 2 atom stereocenters. The molecule has 1 unspecified atom stereocenters. The molecule has 0 aromatic rings. The molecule has 0 aromatic heterocycles. The minimum Gasteiger partial charge on any atom is -0.380 e. The van der Waals surface area contributed by atoms with Crippen molar-refractivity contribution in [3.05, 3.63) is 0 Å². The molecule has 2 N–H and O–H groups in total. The third-order valence-electron chi connectivity index (χ3n) is 3.03. The molecule has 5 heteroatoms. The largest absolute Gasteiger partial charge is 0.380 e. The van der Waals surface area contributed by atoms with Crippen LogP contribution in [0.5, 0.6) is 0 Å². The maximum absolute atomic E-state index is 11.9. The number of likely N-dealkylation sites (tertiary alicyclic amines) is 1. The number of methoxy groups -OCH3 is 1. The molecule has 0 spiro atoms. The van der Waals surface area contributed by atoms with E-state index in [4.69, 9.17) is 10.5 Å². The van der Waals surface area contributed by atoms with Crippen LogP contribution in [0.1, 0.15) is 26.7 Å². The maximum Gasteiger partial charge on any atom is 0.239 e. The molecule has 96 valence electrons. The van der Waals surface area contributed by atoms with Crippen LogP contribution in [0.3, 0.4) is 0 Å². The van der Waals surface area contributed by atoms with Crippen molar-refractivity contribution in [1.29, 1.82) is 0 Å². The van der Waals surface area contributed by atoms with Crippen LogP contribution in [-0.4, -0.2) is 43.2 Å². The molecule has 0 saturated carbocycles. The molecule has 1 heterocycles. The van der Waals surface area contributed by atoms with Crippen LogP contribution >= 0.6 is 12.4 Å². The number of nitrogens with two attached hydrogens (primary N) is 1. The highest BCUT2D eigenvalue weighted by atomic mass is 35.5. The van der Waals surface area contributed by atoms with E-state index in [2.05, 4.69) is 0 Å². The topological polar surface area (TPSA) is 55.6 Å². The number of ether oxygens (including phenoxy) is 1. The summed E-state index contributed by atoms with van der Waals surface area (Å²) in [6, 6.07) is -0.374. The van der Waals surface area contributed by atoms with Crippen molar-refractivity contribution < 1.29 is 9.53 Å². The van der Waals surface area contributed by atoms with E-state index in [1.165, 1.54) is 0 Å². The second-order valence-corrected chi connectivity index (χ2v) is 4.55. The minimum absolute atomic E-state index is 0. The van der Waals surface area contributed by atoms with Crippen LogP contribution in [0.15, 0.2) is 0 Å². The summed E-state index contributed by atoms with van der Waals surface area (Å²) in [4.78, 5) is 13.8. The Kier molecular flexibility index (Phi) is 6.95. The summed E-state index contributed by atoms with van der Waals surface area (Å²) in [5.74, 6) is 0.257. The van der Waals surface area contributed by atoms with Crippen molar-refractivity contribution in [3.63, 3.8) is 0 Å². The number of halogens is 1. The zero-order chi connectivity index (χ0) is 11.4. The highest BCUT2D eigenvalue weighted by Gasteiger charge is 2.28. The standard InChI is InChI=1S/C11H22N2O2.ClH/c1-8(2)10(12)11(14)13-6-4-5-9(7-13)15-3;/h8-10H,4-7,12H2,1-3H3;1H/t9?,10-;/m1./s1. The Hall–Kier alpha value is -0.320. The van der Waals surface area contributed by atoms with Crippen molar-refractivity contribution in [2.75, 3.05) is 20.2 Å². The van der Waals surface area contributed by atoms with Gasteiger partial charge in [-0.3, -0.25) is 4.79 Å². The predicted molar refractivity (Wildman–Crippen MR) is 66.7 cm³/mol. The Balaban J connectivity index is 0.00000225. The van der Waals surface area contributed by atoms with Crippen molar-refractivity contribution in [1.82, 2.24) is 4.90 Å².